The Morgan fingerprint density at radius 3 is 2.95 bits per heavy atom. The summed E-state index contributed by atoms with van der Waals surface area (Å²) in [7, 11) is 1.92. The molecule has 0 fully saturated rings. The first-order valence-electron chi connectivity index (χ1n) is 6.40. The maximum atomic E-state index is 11.2. The molecule has 0 aliphatic rings. The summed E-state index contributed by atoms with van der Waals surface area (Å²) in [5, 5.41) is 3.80. The van der Waals surface area contributed by atoms with Crippen LogP contribution in [0.1, 0.15) is 19.2 Å². The molecule has 0 saturated heterocycles. The molecule has 0 atom stereocenters. The largest absolute Gasteiger partial charge is 0.328 e. The predicted molar refractivity (Wildman–Crippen MR) is 77.7 cm³/mol. The van der Waals surface area contributed by atoms with Gasteiger partial charge in [0.25, 0.3) is 0 Å². The van der Waals surface area contributed by atoms with Crippen molar-refractivity contribution in [1.82, 2.24) is 14.9 Å². The lowest BCUT2D eigenvalue weighted by Gasteiger charge is -2.08. The molecule has 1 N–H and O–H groups in total. The highest BCUT2D eigenvalue weighted by Gasteiger charge is 2.11. The van der Waals surface area contributed by atoms with Crippen molar-refractivity contribution in [2.75, 3.05) is 13.6 Å². The van der Waals surface area contributed by atoms with Crippen LogP contribution in [-0.2, 0) is 17.8 Å². The van der Waals surface area contributed by atoms with Crippen LogP contribution in [0.25, 0.3) is 11.0 Å². The zero-order valence-corrected chi connectivity index (χ0v) is 12.0. The van der Waals surface area contributed by atoms with Gasteiger partial charge in [0.05, 0.1) is 11.0 Å². The first-order valence-corrected chi connectivity index (χ1v) is 6.78. The van der Waals surface area contributed by atoms with E-state index in [1.54, 1.807) is 6.92 Å². The number of ketones is 1. The third kappa shape index (κ3) is 3.33. The topological polar surface area (TPSA) is 46.9 Å². The zero-order valence-electron chi connectivity index (χ0n) is 11.2. The minimum absolute atomic E-state index is 0.190. The highest BCUT2D eigenvalue weighted by molar-refractivity contribution is 6.31. The smallest absolute Gasteiger partial charge is 0.131 e. The Kier molecular flexibility index (Phi) is 4.56. The van der Waals surface area contributed by atoms with Gasteiger partial charge in [-0.05, 0) is 32.2 Å². The number of aryl methyl sites for hydroxylation is 1. The number of fused-ring (bicyclic) bond motifs is 1. The van der Waals surface area contributed by atoms with E-state index >= 15 is 0 Å². The van der Waals surface area contributed by atoms with Gasteiger partial charge >= 0.3 is 0 Å². The first-order chi connectivity index (χ1) is 9.11. The molecule has 4 nitrogen and oxygen atoms in total. The fourth-order valence-corrected chi connectivity index (χ4v) is 2.27. The van der Waals surface area contributed by atoms with Gasteiger partial charge < -0.3 is 9.88 Å². The zero-order chi connectivity index (χ0) is 13.8. The molecule has 5 heteroatoms. The number of hydrogen-bond acceptors (Lipinski definition) is 3. The second-order valence-electron chi connectivity index (χ2n) is 4.62. The van der Waals surface area contributed by atoms with Crippen molar-refractivity contribution in [3.63, 3.8) is 0 Å². The number of aromatic nitrogens is 2. The third-order valence-corrected chi connectivity index (χ3v) is 3.31. The molecule has 1 aromatic heterocycles. The van der Waals surface area contributed by atoms with Gasteiger partial charge in [-0.1, -0.05) is 11.6 Å². The summed E-state index contributed by atoms with van der Waals surface area (Å²) in [4.78, 5) is 15.8. The van der Waals surface area contributed by atoms with Crippen LogP contribution in [-0.4, -0.2) is 28.9 Å². The van der Waals surface area contributed by atoms with Gasteiger partial charge in [0, 0.05) is 31.0 Å². The number of Topliss-reactive ketones (excluding diaryl/α,β-unsaturated/α-hetero) is 1. The lowest BCUT2D eigenvalue weighted by Crippen LogP contribution is -2.15. The Morgan fingerprint density at radius 2 is 2.26 bits per heavy atom. The number of carbonyl (C=O) groups is 1. The van der Waals surface area contributed by atoms with E-state index in [9.17, 15) is 4.79 Å². The van der Waals surface area contributed by atoms with E-state index in [2.05, 4.69) is 14.9 Å². The SMILES string of the molecule is CNCCc1nc2cc(Cl)ccc2n1CCC(C)=O. The van der Waals surface area contributed by atoms with Gasteiger partial charge in [0.15, 0.2) is 0 Å². The molecule has 2 aromatic rings. The lowest BCUT2D eigenvalue weighted by atomic mass is 10.3. The van der Waals surface area contributed by atoms with E-state index < -0.39 is 0 Å². The molecular formula is C14H18ClN3O. The summed E-state index contributed by atoms with van der Waals surface area (Å²) in [6.07, 6.45) is 1.36. The van der Waals surface area contributed by atoms with Crippen molar-refractivity contribution in [3.05, 3.63) is 29.0 Å². The van der Waals surface area contributed by atoms with Crippen molar-refractivity contribution < 1.29 is 4.79 Å². The molecule has 0 aliphatic heterocycles. The van der Waals surface area contributed by atoms with Crippen molar-refractivity contribution in [1.29, 1.82) is 0 Å². The maximum Gasteiger partial charge on any atom is 0.131 e. The van der Waals surface area contributed by atoms with Crippen LogP contribution < -0.4 is 5.32 Å². The van der Waals surface area contributed by atoms with E-state index in [0.29, 0.717) is 18.0 Å². The molecular weight excluding hydrogens is 262 g/mol. The molecule has 1 heterocycles. The lowest BCUT2D eigenvalue weighted by molar-refractivity contribution is -0.117. The van der Waals surface area contributed by atoms with E-state index in [4.69, 9.17) is 11.6 Å². The fourth-order valence-electron chi connectivity index (χ4n) is 2.10. The van der Waals surface area contributed by atoms with Crippen LogP contribution >= 0.6 is 11.6 Å². The number of benzene rings is 1. The molecule has 19 heavy (non-hydrogen) atoms. The highest BCUT2D eigenvalue weighted by Crippen LogP contribution is 2.21. The number of nitrogens with one attached hydrogen (secondary N) is 1. The summed E-state index contributed by atoms with van der Waals surface area (Å²) < 4.78 is 2.12. The highest BCUT2D eigenvalue weighted by atomic mass is 35.5. The average Bonchev–Trinajstić information content (AvgIpc) is 2.70. The van der Waals surface area contributed by atoms with Crippen LogP contribution in [0, 0.1) is 0 Å². The summed E-state index contributed by atoms with van der Waals surface area (Å²) in [6.45, 7) is 3.15. The minimum atomic E-state index is 0.190. The van der Waals surface area contributed by atoms with Gasteiger partial charge in [-0.3, -0.25) is 4.79 Å². The van der Waals surface area contributed by atoms with Crippen molar-refractivity contribution in [3.8, 4) is 0 Å². The molecule has 0 unspecified atom stereocenters. The fraction of sp³-hybridized carbons (Fsp3) is 0.429. The van der Waals surface area contributed by atoms with Gasteiger partial charge in [-0.15, -0.1) is 0 Å². The monoisotopic (exact) mass is 279 g/mol. The second-order valence-corrected chi connectivity index (χ2v) is 5.05. The summed E-state index contributed by atoms with van der Waals surface area (Å²) in [6, 6.07) is 5.69. The number of nitrogens with zero attached hydrogens (tertiary/aromatic N) is 2. The van der Waals surface area contributed by atoms with E-state index in [-0.39, 0.29) is 5.78 Å². The molecule has 2 rings (SSSR count). The van der Waals surface area contributed by atoms with Crippen molar-refractivity contribution >= 4 is 28.4 Å². The molecule has 0 bridgehead atoms. The molecule has 0 amide bonds. The van der Waals surface area contributed by atoms with Gasteiger partial charge in [0.2, 0.25) is 0 Å². The molecule has 0 saturated carbocycles. The van der Waals surface area contributed by atoms with Gasteiger partial charge in [-0.2, -0.15) is 0 Å². The van der Waals surface area contributed by atoms with Crippen LogP contribution in [0.5, 0.6) is 0 Å². The third-order valence-electron chi connectivity index (χ3n) is 3.08. The molecule has 1 aromatic carbocycles. The molecule has 102 valence electrons. The van der Waals surface area contributed by atoms with E-state index in [0.717, 1.165) is 29.8 Å². The summed E-state index contributed by atoms with van der Waals surface area (Å²) in [5.41, 5.74) is 1.93. The van der Waals surface area contributed by atoms with Crippen LogP contribution in [0.2, 0.25) is 5.02 Å². The Morgan fingerprint density at radius 1 is 1.47 bits per heavy atom. The van der Waals surface area contributed by atoms with Gasteiger partial charge in [-0.25, -0.2) is 4.98 Å². The van der Waals surface area contributed by atoms with Gasteiger partial charge in [0.1, 0.15) is 11.6 Å². The molecule has 0 radical (unpaired) electrons. The number of imidazole rings is 1. The predicted octanol–water partition coefficient (Wildman–Crippen LogP) is 2.43. The first kappa shape index (κ1) is 14.0. The summed E-state index contributed by atoms with van der Waals surface area (Å²) in [5.74, 6) is 1.18. The number of rotatable bonds is 6. The molecule has 0 spiro atoms. The second kappa shape index (κ2) is 6.17. The quantitative estimate of drug-likeness (QED) is 0.883. The van der Waals surface area contributed by atoms with Crippen molar-refractivity contribution in [2.24, 2.45) is 0 Å². The van der Waals surface area contributed by atoms with Crippen LogP contribution in [0.4, 0.5) is 0 Å². The van der Waals surface area contributed by atoms with E-state index in [1.165, 1.54) is 0 Å². The number of likely N-dealkylation sites (N-methyl/N-ethyl adjacent to an activating group) is 1. The standard InChI is InChI=1S/C14H18ClN3O/c1-10(19)6-8-18-13-4-3-11(15)9-12(13)17-14(18)5-7-16-2/h3-4,9,16H,5-8H2,1-2H3. The Balaban J connectivity index is 2.39. The minimum Gasteiger partial charge on any atom is -0.328 e. The number of hydrogen-bond donors (Lipinski definition) is 1. The number of carbonyl (C=O) groups excluding carboxylic acids is 1. The number of halogens is 1. The summed E-state index contributed by atoms with van der Waals surface area (Å²) >= 11 is 6.00. The van der Waals surface area contributed by atoms with Crippen LogP contribution in [0.15, 0.2) is 18.2 Å². The van der Waals surface area contributed by atoms with E-state index in [1.807, 2.05) is 25.2 Å². The van der Waals surface area contributed by atoms with Crippen LogP contribution in [0.3, 0.4) is 0 Å². The van der Waals surface area contributed by atoms with Crippen molar-refractivity contribution in [2.45, 2.75) is 26.3 Å². The molecule has 0 aliphatic carbocycles. The normalized spacial score (nSPS) is 11.1. The maximum absolute atomic E-state index is 11.2. The Hall–Kier alpha value is -1.39. The Labute approximate surface area is 117 Å². The average molecular weight is 280 g/mol. The Bertz CT molecular complexity index is 592.